The molecule has 0 saturated heterocycles. The summed E-state index contributed by atoms with van der Waals surface area (Å²) in [5, 5.41) is 8.41. The molecule has 0 spiro atoms. The maximum Gasteiger partial charge on any atom is 0.0664 e. The molecule has 3 heteroatoms. The van der Waals surface area contributed by atoms with E-state index in [1.807, 2.05) is 6.20 Å². The van der Waals surface area contributed by atoms with Gasteiger partial charge in [0.2, 0.25) is 0 Å². The number of nitrogens with one attached hydrogen (secondary N) is 1. The van der Waals surface area contributed by atoms with Gasteiger partial charge in [-0.1, -0.05) is 27.7 Å². The van der Waals surface area contributed by atoms with E-state index < -0.39 is 0 Å². The summed E-state index contributed by atoms with van der Waals surface area (Å²) >= 11 is 3.78. The number of aromatic nitrogens is 2. The van der Waals surface area contributed by atoms with E-state index in [2.05, 4.69) is 59.9 Å². The van der Waals surface area contributed by atoms with Crippen molar-refractivity contribution >= 4 is 26.8 Å². The minimum Gasteiger partial charge on any atom is -0.278 e. The van der Waals surface area contributed by atoms with Crippen molar-refractivity contribution in [2.24, 2.45) is 0 Å². The third kappa shape index (κ3) is 1.41. The van der Waals surface area contributed by atoms with Crippen molar-refractivity contribution in [3.63, 3.8) is 0 Å². The van der Waals surface area contributed by atoms with E-state index in [1.54, 1.807) is 0 Å². The Morgan fingerprint density at radius 1 is 1.24 bits per heavy atom. The third-order valence-electron chi connectivity index (χ3n) is 3.97. The van der Waals surface area contributed by atoms with Crippen molar-refractivity contribution in [2.75, 3.05) is 0 Å². The third-order valence-corrected chi connectivity index (χ3v) is 4.80. The summed E-state index contributed by atoms with van der Waals surface area (Å²) in [6, 6.07) is 2.27. The first-order valence-electron chi connectivity index (χ1n) is 5.99. The number of H-pyrrole nitrogens is 1. The number of fused-ring (bicyclic) bond motifs is 2. The zero-order valence-corrected chi connectivity index (χ0v) is 12.3. The van der Waals surface area contributed by atoms with Gasteiger partial charge in [0.05, 0.1) is 11.7 Å². The van der Waals surface area contributed by atoms with Crippen LogP contribution in [0.1, 0.15) is 45.2 Å². The lowest BCUT2D eigenvalue weighted by Crippen LogP contribution is -2.18. The highest BCUT2D eigenvalue weighted by atomic mass is 79.9. The molecule has 0 radical (unpaired) electrons. The monoisotopic (exact) mass is 292 g/mol. The van der Waals surface area contributed by atoms with Gasteiger partial charge in [-0.2, -0.15) is 5.10 Å². The van der Waals surface area contributed by atoms with Crippen LogP contribution in [-0.4, -0.2) is 10.2 Å². The molecule has 2 nitrogen and oxygen atoms in total. The summed E-state index contributed by atoms with van der Waals surface area (Å²) in [6.07, 6.45) is 3.09. The summed E-state index contributed by atoms with van der Waals surface area (Å²) in [6.45, 7) is 9.32. The number of halogens is 1. The Balaban J connectivity index is 2.45. The van der Waals surface area contributed by atoms with Crippen LogP contribution in [0, 0.1) is 0 Å². The second-order valence-corrected chi connectivity index (χ2v) is 7.18. The zero-order valence-electron chi connectivity index (χ0n) is 10.7. The lowest BCUT2D eigenvalue weighted by molar-refractivity contribution is 0.402. The molecule has 0 aliphatic heterocycles. The van der Waals surface area contributed by atoms with Crippen molar-refractivity contribution in [3.8, 4) is 0 Å². The van der Waals surface area contributed by atoms with Crippen molar-refractivity contribution in [1.82, 2.24) is 10.2 Å². The molecule has 1 heterocycles. The van der Waals surface area contributed by atoms with Crippen LogP contribution in [0.2, 0.25) is 0 Å². The molecule has 0 amide bonds. The normalized spacial score (nSPS) is 20.8. The summed E-state index contributed by atoms with van der Waals surface area (Å²) in [7, 11) is 0. The van der Waals surface area contributed by atoms with Crippen LogP contribution in [0.15, 0.2) is 16.7 Å². The summed E-state index contributed by atoms with van der Waals surface area (Å²) in [5.74, 6) is 0. The molecule has 0 bridgehead atoms. The van der Waals surface area contributed by atoms with Crippen LogP contribution in [0.5, 0.6) is 0 Å². The van der Waals surface area contributed by atoms with E-state index in [1.165, 1.54) is 27.4 Å². The molecule has 0 atom stereocenters. The topological polar surface area (TPSA) is 28.7 Å². The van der Waals surface area contributed by atoms with Crippen LogP contribution in [0.3, 0.4) is 0 Å². The Kier molecular flexibility index (Phi) is 2.08. The number of benzene rings is 1. The Hall–Kier alpha value is -0.830. The molecule has 1 aliphatic carbocycles. The first-order valence-corrected chi connectivity index (χ1v) is 6.79. The summed E-state index contributed by atoms with van der Waals surface area (Å²) in [4.78, 5) is 0. The highest BCUT2D eigenvalue weighted by Crippen LogP contribution is 2.53. The molecule has 1 aromatic carbocycles. The Morgan fingerprint density at radius 2 is 1.94 bits per heavy atom. The Bertz CT molecular complexity index is 608. The van der Waals surface area contributed by atoms with Gasteiger partial charge in [0.25, 0.3) is 0 Å². The van der Waals surface area contributed by atoms with Gasteiger partial charge in [0.15, 0.2) is 0 Å². The van der Waals surface area contributed by atoms with Crippen molar-refractivity contribution in [1.29, 1.82) is 0 Å². The highest BCUT2D eigenvalue weighted by molar-refractivity contribution is 9.10. The maximum atomic E-state index is 4.14. The minimum absolute atomic E-state index is 0.225. The second kappa shape index (κ2) is 3.14. The fourth-order valence-electron chi connectivity index (χ4n) is 3.53. The molecule has 17 heavy (non-hydrogen) atoms. The van der Waals surface area contributed by atoms with Gasteiger partial charge in [-0.05, 0) is 50.4 Å². The molecule has 1 aromatic heterocycles. The molecule has 0 fully saturated rings. The lowest BCUT2D eigenvalue weighted by Gasteiger charge is -2.22. The van der Waals surface area contributed by atoms with Crippen molar-refractivity contribution < 1.29 is 0 Å². The van der Waals surface area contributed by atoms with Crippen LogP contribution in [-0.2, 0) is 10.8 Å². The van der Waals surface area contributed by atoms with Gasteiger partial charge < -0.3 is 0 Å². The quantitative estimate of drug-likeness (QED) is 0.771. The first-order chi connectivity index (χ1) is 7.83. The van der Waals surface area contributed by atoms with E-state index in [-0.39, 0.29) is 10.8 Å². The zero-order chi connectivity index (χ0) is 12.4. The Morgan fingerprint density at radius 3 is 2.65 bits per heavy atom. The van der Waals surface area contributed by atoms with Gasteiger partial charge >= 0.3 is 0 Å². The van der Waals surface area contributed by atoms with Gasteiger partial charge in [0.1, 0.15) is 0 Å². The maximum absolute atomic E-state index is 4.14. The number of rotatable bonds is 0. The molecule has 0 unspecified atom stereocenters. The number of hydrogen-bond donors (Lipinski definition) is 1. The number of nitrogens with zero attached hydrogens (tertiary/aromatic N) is 1. The second-order valence-electron chi connectivity index (χ2n) is 6.39. The fourth-order valence-corrected chi connectivity index (χ4v) is 4.60. The average Bonchev–Trinajstić information content (AvgIpc) is 2.68. The SMILES string of the molecule is CC1(C)CC(C)(C)c2c1cc1[nH]ncc1c2Br. The highest BCUT2D eigenvalue weighted by Gasteiger charge is 2.43. The van der Waals surface area contributed by atoms with Crippen LogP contribution < -0.4 is 0 Å². The van der Waals surface area contributed by atoms with E-state index in [9.17, 15) is 0 Å². The summed E-state index contributed by atoms with van der Waals surface area (Å²) in [5.41, 5.74) is 4.49. The van der Waals surface area contributed by atoms with E-state index in [0.717, 1.165) is 5.52 Å². The van der Waals surface area contributed by atoms with Crippen molar-refractivity contribution in [3.05, 3.63) is 27.9 Å². The molecular weight excluding hydrogens is 276 g/mol. The Labute approximate surface area is 110 Å². The van der Waals surface area contributed by atoms with Gasteiger partial charge in [-0.15, -0.1) is 0 Å². The average molecular weight is 293 g/mol. The van der Waals surface area contributed by atoms with E-state index in [4.69, 9.17) is 0 Å². The number of hydrogen-bond acceptors (Lipinski definition) is 1. The summed E-state index contributed by atoms with van der Waals surface area (Å²) < 4.78 is 1.22. The van der Waals surface area contributed by atoms with Gasteiger partial charge in [0, 0.05) is 9.86 Å². The molecule has 1 N–H and O–H groups in total. The van der Waals surface area contributed by atoms with Gasteiger partial charge in [-0.25, -0.2) is 0 Å². The minimum atomic E-state index is 0.225. The van der Waals surface area contributed by atoms with Gasteiger partial charge in [-0.3, -0.25) is 5.10 Å². The van der Waals surface area contributed by atoms with Crippen molar-refractivity contribution in [2.45, 2.75) is 44.9 Å². The van der Waals surface area contributed by atoms with E-state index in [0.29, 0.717) is 0 Å². The van der Waals surface area contributed by atoms with Crippen LogP contribution >= 0.6 is 15.9 Å². The molecular formula is C14H17BrN2. The predicted octanol–water partition coefficient (Wildman–Crippen LogP) is 4.28. The largest absolute Gasteiger partial charge is 0.278 e. The smallest absolute Gasteiger partial charge is 0.0664 e. The molecule has 0 saturated carbocycles. The first kappa shape index (κ1) is 11.3. The predicted molar refractivity (Wildman–Crippen MR) is 74.5 cm³/mol. The molecule has 3 rings (SSSR count). The van der Waals surface area contributed by atoms with Crippen LogP contribution in [0.4, 0.5) is 0 Å². The molecule has 90 valence electrons. The number of aromatic amines is 1. The molecule has 2 aromatic rings. The van der Waals surface area contributed by atoms with E-state index >= 15 is 0 Å². The standard InChI is InChI=1S/C14H17BrN2/c1-13(2)7-14(3,4)11-9(13)5-10-8(12(11)15)6-16-17-10/h5-6H,7H2,1-4H3,(H,16,17). The lowest BCUT2D eigenvalue weighted by atomic mass is 9.82. The van der Waals surface area contributed by atoms with Crippen LogP contribution in [0.25, 0.3) is 10.9 Å². The molecule has 1 aliphatic rings. The fraction of sp³-hybridized carbons (Fsp3) is 0.500.